The second-order valence-electron chi connectivity index (χ2n) is 4.09. The molecule has 0 saturated carbocycles. The fourth-order valence-corrected chi connectivity index (χ4v) is 3.70. The molecule has 0 unspecified atom stereocenters. The molecule has 7 heteroatoms. The van der Waals surface area contributed by atoms with Crippen molar-refractivity contribution in [1.82, 2.24) is 4.72 Å². The second-order valence-corrected chi connectivity index (χ2v) is 7.03. The third-order valence-corrected chi connectivity index (χ3v) is 5.40. The number of ether oxygens (including phenoxy) is 2. The van der Waals surface area contributed by atoms with Gasteiger partial charge in [0.05, 0.1) is 6.61 Å². The lowest BCUT2D eigenvalue weighted by Gasteiger charge is -2.09. The van der Waals surface area contributed by atoms with Crippen molar-refractivity contribution in [2.24, 2.45) is 0 Å². The van der Waals surface area contributed by atoms with E-state index in [9.17, 15) is 8.42 Å². The van der Waals surface area contributed by atoms with Crippen LogP contribution in [0.3, 0.4) is 0 Å². The predicted octanol–water partition coefficient (Wildman–Crippen LogP) is 2.50. The molecule has 2 aromatic rings. The Balaban J connectivity index is 1.81. The minimum Gasteiger partial charge on any atom is -0.494 e. The van der Waals surface area contributed by atoms with Gasteiger partial charge in [-0.25, -0.2) is 13.1 Å². The van der Waals surface area contributed by atoms with Gasteiger partial charge in [-0.2, -0.15) is 0 Å². The van der Waals surface area contributed by atoms with Crippen LogP contribution in [0.25, 0.3) is 0 Å². The van der Waals surface area contributed by atoms with Crippen LogP contribution in [0, 0.1) is 0 Å². The van der Waals surface area contributed by atoms with Crippen LogP contribution in [0.2, 0.25) is 0 Å². The second kappa shape index (κ2) is 7.44. The summed E-state index contributed by atoms with van der Waals surface area (Å²) in [4.78, 5) is 0. The number of benzene rings is 1. The zero-order valence-corrected chi connectivity index (χ0v) is 13.2. The third-order valence-electron chi connectivity index (χ3n) is 2.54. The molecule has 114 valence electrons. The van der Waals surface area contributed by atoms with E-state index in [4.69, 9.17) is 9.47 Å². The molecule has 5 nitrogen and oxygen atoms in total. The van der Waals surface area contributed by atoms with E-state index in [0.717, 1.165) is 5.75 Å². The standard InChI is InChI=1S/C14H17NO4S2/c1-2-18-12-5-3-6-13(11-12)19-9-8-15-21(16,17)14-7-4-10-20-14/h3-7,10-11,15H,2,8-9H2,1H3. The van der Waals surface area contributed by atoms with Gasteiger partial charge < -0.3 is 9.47 Å². The van der Waals surface area contributed by atoms with E-state index in [0.29, 0.717) is 16.6 Å². The molecular weight excluding hydrogens is 310 g/mol. The van der Waals surface area contributed by atoms with Gasteiger partial charge in [-0.05, 0) is 30.5 Å². The fraction of sp³-hybridized carbons (Fsp3) is 0.286. The number of rotatable bonds is 8. The largest absolute Gasteiger partial charge is 0.494 e. The average Bonchev–Trinajstić information content (AvgIpc) is 3.00. The topological polar surface area (TPSA) is 64.6 Å². The summed E-state index contributed by atoms with van der Waals surface area (Å²) in [7, 11) is -3.42. The summed E-state index contributed by atoms with van der Waals surface area (Å²) in [5.74, 6) is 1.38. The Labute approximate surface area is 128 Å². The summed E-state index contributed by atoms with van der Waals surface area (Å²) >= 11 is 1.18. The highest BCUT2D eigenvalue weighted by Gasteiger charge is 2.13. The molecule has 1 N–H and O–H groups in total. The SMILES string of the molecule is CCOc1cccc(OCCNS(=O)(=O)c2cccs2)c1. The van der Waals surface area contributed by atoms with Gasteiger partial charge in [0.15, 0.2) is 0 Å². The van der Waals surface area contributed by atoms with Crippen molar-refractivity contribution in [3.05, 3.63) is 41.8 Å². The van der Waals surface area contributed by atoms with Crippen molar-refractivity contribution in [1.29, 1.82) is 0 Å². The van der Waals surface area contributed by atoms with Gasteiger partial charge in [0.1, 0.15) is 22.3 Å². The lowest BCUT2D eigenvalue weighted by Crippen LogP contribution is -2.27. The monoisotopic (exact) mass is 327 g/mol. The van der Waals surface area contributed by atoms with E-state index >= 15 is 0 Å². The molecule has 0 atom stereocenters. The highest BCUT2D eigenvalue weighted by atomic mass is 32.2. The van der Waals surface area contributed by atoms with Crippen LogP contribution >= 0.6 is 11.3 Å². The Bertz CT molecular complexity index is 653. The molecular formula is C14H17NO4S2. The zero-order chi connectivity index (χ0) is 15.1. The van der Waals surface area contributed by atoms with E-state index in [1.807, 2.05) is 19.1 Å². The van der Waals surface area contributed by atoms with E-state index < -0.39 is 10.0 Å². The smallest absolute Gasteiger partial charge is 0.250 e. The van der Waals surface area contributed by atoms with Crippen LogP contribution in [0.5, 0.6) is 11.5 Å². The molecule has 2 rings (SSSR count). The fourth-order valence-electron chi connectivity index (χ4n) is 1.65. The third kappa shape index (κ3) is 4.73. The molecule has 0 aliphatic carbocycles. The first-order valence-corrected chi connectivity index (χ1v) is 8.87. The van der Waals surface area contributed by atoms with Crippen molar-refractivity contribution >= 4 is 21.4 Å². The molecule has 0 saturated heterocycles. The average molecular weight is 327 g/mol. The van der Waals surface area contributed by atoms with Gasteiger partial charge in [-0.3, -0.25) is 0 Å². The molecule has 0 amide bonds. The summed E-state index contributed by atoms with van der Waals surface area (Å²) in [6, 6.07) is 10.5. The first kappa shape index (κ1) is 15.8. The summed E-state index contributed by atoms with van der Waals surface area (Å²) < 4.78 is 37.4. The molecule has 1 aromatic carbocycles. The van der Waals surface area contributed by atoms with Gasteiger partial charge in [-0.1, -0.05) is 12.1 Å². The van der Waals surface area contributed by atoms with E-state index in [2.05, 4.69) is 4.72 Å². The molecule has 1 heterocycles. The highest BCUT2D eigenvalue weighted by Crippen LogP contribution is 2.19. The zero-order valence-electron chi connectivity index (χ0n) is 11.6. The van der Waals surface area contributed by atoms with Crippen LogP contribution in [0.1, 0.15) is 6.92 Å². The number of nitrogens with one attached hydrogen (secondary N) is 1. The molecule has 0 fully saturated rings. The molecule has 0 spiro atoms. The highest BCUT2D eigenvalue weighted by molar-refractivity contribution is 7.91. The Morgan fingerprint density at radius 2 is 1.90 bits per heavy atom. The minimum atomic E-state index is -3.42. The first-order valence-electron chi connectivity index (χ1n) is 6.50. The number of hydrogen-bond acceptors (Lipinski definition) is 5. The van der Waals surface area contributed by atoms with Crippen LogP contribution in [0.4, 0.5) is 0 Å². The van der Waals surface area contributed by atoms with Gasteiger partial charge in [0.25, 0.3) is 0 Å². The molecule has 21 heavy (non-hydrogen) atoms. The molecule has 0 bridgehead atoms. The maximum absolute atomic E-state index is 11.9. The summed E-state index contributed by atoms with van der Waals surface area (Å²) in [6.45, 7) is 2.95. The molecule has 0 aliphatic heterocycles. The Morgan fingerprint density at radius 1 is 1.14 bits per heavy atom. The lowest BCUT2D eigenvalue weighted by atomic mass is 10.3. The Hall–Kier alpha value is -1.57. The minimum absolute atomic E-state index is 0.207. The maximum Gasteiger partial charge on any atom is 0.250 e. The van der Waals surface area contributed by atoms with Crippen molar-refractivity contribution in [3.8, 4) is 11.5 Å². The molecule has 1 aromatic heterocycles. The van der Waals surface area contributed by atoms with E-state index in [1.165, 1.54) is 11.3 Å². The van der Waals surface area contributed by atoms with Crippen LogP contribution < -0.4 is 14.2 Å². The first-order chi connectivity index (χ1) is 10.1. The van der Waals surface area contributed by atoms with Gasteiger partial charge in [0, 0.05) is 12.6 Å². The van der Waals surface area contributed by atoms with Crippen LogP contribution in [-0.4, -0.2) is 28.2 Å². The predicted molar refractivity (Wildman–Crippen MR) is 82.6 cm³/mol. The molecule has 0 radical (unpaired) electrons. The van der Waals surface area contributed by atoms with Gasteiger partial charge in [-0.15, -0.1) is 11.3 Å². The van der Waals surface area contributed by atoms with Crippen LogP contribution in [0.15, 0.2) is 46.0 Å². The summed E-state index contributed by atoms with van der Waals surface area (Å²) in [6.07, 6.45) is 0. The van der Waals surface area contributed by atoms with Gasteiger partial charge >= 0.3 is 0 Å². The van der Waals surface area contributed by atoms with Crippen molar-refractivity contribution in [3.63, 3.8) is 0 Å². The van der Waals surface area contributed by atoms with Crippen LogP contribution in [-0.2, 0) is 10.0 Å². The number of sulfonamides is 1. The van der Waals surface area contributed by atoms with Crippen molar-refractivity contribution < 1.29 is 17.9 Å². The van der Waals surface area contributed by atoms with E-state index in [1.54, 1.807) is 29.6 Å². The van der Waals surface area contributed by atoms with E-state index in [-0.39, 0.29) is 13.2 Å². The van der Waals surface area contributed by atoms with Crippen molar-refractivity contribution in [2.75, 3.05) is 19.8 Å². The quantitative estimate of drug-likeness (QED) is 0.757. The van der Waals surface area contributed by atoms with Gasteiger partial charge in [0.2, 0.25) is 10.0 Å². The van der Waals surface area contributed by atoms with Crippen molar-refractivity contribution in [2.45, 2.75) is 11.1 Å². The number of thiophene rings is 1. The maximum atomic E-state index is 11.9. The normalized spacial score (nSPS) is 11.3. The lowest BCUT2D eigenvalue weighted by molar-refractivity contribution is 0.313. The Morgan fingerprint density at radius 3 is 2.57 bits per heavy atom. The summed E-state index contributed by atoms with van der Waals surface area (Å²) in [5.41, 5.74) is 0. The molecule has 0 aliphatic rings. The Kier molecular flexibility index (Phi) is 5.60. The summed E-state index contributed by atoms with van der Waals surface area (Å²) in [5, 5.41) is 1.73. The number of hydrogen-bond donors (Lipinski definition) is 1.